The van der Waals surface area contributed by atoms with E-state index in [-0.39, 0.29) is 24.8 Å². The summed E-state index contributed by atoms with van der Waals surface area (Å²) in [7, 11) is 0. The highest BCUT2D eigenvalue weighted by Crippen LogP contribution is 2.22. The summed E-state index contributed by atoms with van der Waals surface area (Å²) in [5, 5.41) is 10.4. The van der Waals surface area contributed by atoms with Gasteiger partial charge in [0.15, 0.2) is 6.29 Å². The Morgan fingerprint density at radius 1 is 1.03 bits per heavy atom. The van der Waals surface area contributed by atoms with E-state index in [9.17, 15) is 9.90 Å². The van der Waals surface area contributed by atoms with Crippen LogP contribution in [0.1, 0.15) is 124 Å². The van der Waals surface area contributed by atoms with Crippen molar-refractivity contribution in [3.05, 3.63) is 0 Å². The average Bonchev–Trinajstić information content (AvgIpc) is 2.65. The lowest BCUT2D eigenvalue weighted by Gasteiger charge is -2.29. The molecule has 0 aromatic carbocycles. The van der Waals surface area contributed by atoms with Gasteiger partial charge in [-0.1, -0.05) is 64.7 Å². The van der Waals surface area contributed by atoms with Gasteiger partial charge in [0.1, 0.15) is 5.60 Å². The maximum atomic E-state index is 12.0. The van der Waals surface area contributed by atoms with Gasteiger partial charge in [0.05, 0.1) is 18.6 Å². The van der Waals surface area contributed by atoms with Gasteiger partial charge >= 0.3 is 5.97 Å². The number of aliphatic hydroxyl groups is 1. The molecule has 0 aliphatic carbocycles. The van der Waals surface area contributed by atoms with Crippen LogP contribution < -0.4 is 0 Å². The van der Waals surface area contributed by atoms with E-state index in [2.05, 4.69) is 6.92 Å². The summed E-state index contributed by atoms with van der Waals surface area (Å²) < 4.78 is 17.3. The van der Waals surface area contributed by atoms with Crippen molar-refractivity contribution in [2.24, 2.45) is 0 Å². The summed E-state index contributed by atoms with van der Waals surface area (Å²) in [6.07, 6.45) is 15.1. The standard InChI is InChI=1S/C25H48O5/c1-5-6-7-8-9-10-11-12-13-16-22(29-24-17-14-15-18-28-24)19-21(26)20-23(27)30-25(2,3)4/h21-22,24,26H,5-20H2,1-4H3/t21?,22?,24-/m1/s1. The lowest BCUT2D eigenvalue weighted by atomic mass is 10.0. The number of esters is 1. The Balaban J connectivity index is 2.33. The molecule has 1 fully saturated rings. The largest absolute Gasteiger partial charge is 0.460 e. The molecule has 0 amide bonds. The van der Waals surface area contributed by atoms with Crippen molar-refractivity contribution in [3.63, 3.8) is 0 Å². The summed E-state index contributed by atoms with van der Waals surface area (Å²) in [6.45, 7) is 8.52. The van der Waals surface area contributed by atoms with Crippen LogP contribution >= 0.6 is 0 Å². The third-order valence-electron chi connectivity index (χ3n) is 5.47. The lowest BCUT2D eigenvalue weighted by Crippen LogP contribution is -2.32. The van der Waals surface area contributed by atoms with Gasteiger partial charge in [0.2, 0.25) is 0 Å². The molecule has 0 aromatic heterocycles. The fraction of sp³-hybridized carbons (Fsp3) is 0.960. The number of carbonyl (C=O) groups is 1. The van der Waals surface area contributed by atoms with E-state index in [1.165, 1.54) is 51.4 Å². The van der Waals surface area contributed by atoms with Crippen LogP contribution in [0, 0.1) is 0 Å². The molecule has 0 bridgehead atoms. The molecule has 0 saturated carbocycles. The maximum Gasteiger partial charge on any atom is 0.308 e. The fourth-order valence-electron chi connectivity index (χ4n) is 3.92. The first kappa shape index (κ1) is 27.4. The molecule has 0 spiro atoms. The zero-order valence-corrected chi connectivity index (χ0v) is 20.1. The zero-order valence-electron chi connectivity index (χ0n) is 20.1. The Labute approximate surface area is 185 Å². The number of aliphatic hydroxyl groups excluding tert-OH is 1. The second-order valence-corrected chi connectivity index (χ2v) is 9.85. The van der Waals surface area contributed by atoms with E-state index < -0.39 is 11.7 Å². The molecule has 3 atom stereocenters. The van der Waals surface area contributed by atoms with Crippen molar-refractivity contribution in [1.29, 1.82) is 0 Å². The Hall–Kier alpha value is -0.650. The van der Waals surface area contributed by atoms with E-state index in [1.807, 2.05) is 20.8 Å². The van der Waals surface area contributed by atoms with E-state index in [0.717, 1.165) is 38.7 Å². The Morgan fingerprint density at radius 3 is 2.23 bits per heavy atom. The van der Waals surface area contributed by atoms with E-state index in [1.54, 1.807) is 0 Å². The van der Waals surface area contributed by atoms with Gasteiger partial charge in [-0.2, -0.15) is 0 Å². The lowest BCUT2D eigenvalue weighted by molar-refractivity contribution is -0.195. The van der Waals surface area contributed by atoms with Crippen LogP contribution in [0.2, 0.25) is 0 Å². The molecule has 1 rings (SSSR count). The maximum absolute atomic E-state index is 12.0. The van der Waals surface area contributed by atoms with Crippen LogP contribution in [0.5, 0.6) is 0 Å². The van der Waals surface area contributed by atoms with Gasteiger partial charge in [-0.25, -0.2) is 0 Å². The summed E-state index contributed by atoms with van der Waals surface area (Å²) in [5.74, 6) is -0.356. The number of hydrogen-bond donors (Lipinski definition) is 1. The van der Waals surface area contributed by atoms with Crippen molar-refractivity contribution in [2.45, 2.75) is 148 Å². The van der Waals surface area contributed by atoms with Crippen LogP contribution in [0.25, 0.3) is 0 Å². The first-order valence-electron chi connectivity index (χ1n) is 12.5. The minimum absolute atomic E-state index is 0.0143. The van der Waals surface area contributed by atoms with Crippen LogP contribution in [0.4, 0.5) is 0 Å². The van der Waals surface area contributed by atoms with Crippen LogP contribution in [0.3, 0.4) is 0 Å². The highest BCUT2D eigenvalue weighted by atomic mass is 16.7. The van der Waals surface area contributed by atoms with Crippen molar-refractivity contribution in [2.75, 3.05) is 6.61 Å². The minimum atomic E-state index is -0.744. The predicted octanol–water partition coefficient (Wildman–Crippen LogP) is 6.30. The third kappa shape index (κ3) is 15.2. The van der Waals surface area contributed by atoms with Gasteiger partial charge < -0.3 is 19.3 Å². The van der Waals surface area contributed by atoms with Crippen LogP contribution in [-0.2, 0) is 19.0 Å². The van der Waals surface area contributed by atoms with E-state index in [0.29, 0.717) is 6.42 Å². The molecule has 2 unspecified atom stereocenters. The minimum Gasteiger partial charge on any atom is -0.460 e. The average molecular weight is 429 g/mol. The number of rotatable bonds is 16. The Bertz CT molecular complexity index is 426. The Kier molecular flexibility index (Phi) is 14.6. The third-order valence-corrected chi connectivity index (χ3v) is 5.47. The first-order chi connectivity index (χ1) is 14.3. The van der Waals surface area contributed by atoms with E-state index >= 15 is 0 Å². The molecule has 0 aromatic rings. The van der Waals surface area contributed by atoms with Gasteiger partial charge in [-0.05, 0) is 46.5 Å². The summed E-state index contributed by atoms with van der Waals surface area (Å²) >= 11 is 0. The van der Waals surface area contributed by atoms with Gasteiger partial charge in [-0.15, -0.1) is 0 Å². The number of unbranched alkanes of at least 4 members (excludes halogenated alkanes) is 8. The molecular formula is C25H48O5. The molecule has 0 radical (unpaired) electrons. The molecule has 1 N–H and O–H groups in total. The number of ether oxygens (including phenoxy) is 3. The predicted molar refractivity (Wildman–Crippen MR) is 121 cm³/mol. The van der Waals surface area contributed by atoms with Crippen molar-refractivity contribution in [1.82, 2.24) is 0 Å². The fourth-order valence-corrected chi connectivity index (χ4v) is 3.92. The first-order valence-corrected chi connectivity index (χ1v) is 12.5. The SMILES string of the molecule is CCCCCCCCCCCC(CC(O)CC(=O)OC(C)(C)C)O[C@@H]1CCCCO1. The summed E-state index contributed by atoms with van der Waals surface area (Å²) in [6, 6.07) is 0. The van der Waals surface area contributed by atoms with Gasteiger partial charge in [-0.3, -0.25) is 4.79 Å². The summed E-state index contributed by atoms with van der Waals surface area (Å²) in [4.78, 5) is 12.0. The normalized spacial score (nSPS) is 19.4. The molecular weight excluding hydrogens is 380 g/mol. The van der Waals surface area contributed by atoms with Crippen molar-refractivity contribution >= 4 is 5.97 Å². The van der Waals surface area contributed by atoms with Crippen LogP contribution in [0.15, 0.2) is 0 Å². The second-order valence-electron chi connectivity index (χ2n) is 9.85. The molecule has 1 saturated heterocycles. The quantitative estimate of drug-likeness (QED) is 0.231. The molecule has 1 aliphatic rings. The number of carbonyl (C=O) groups excluding carboxylic acids is 1. The highest BCUT2D eigenvalue weighted by Gasteiger charge is 2.25. The molecule has 1 heterocycles. The van der Waals surface area contributed by atoms with Gasteiger partial charge in [0, 0.05) is 13.0 Å². The monoisotopic (exact) mass is 428 g/mol. The smallest absolute Gasteiger partial charge is 0.308 e. The van der Waals surface area contributed by atoms with E-state index in [4.69, 9.17) is 14.2 Å². The second kappa shape index (κ2) is 16.0. The molecule has 30 heavy (non-hydrogen) atoms. The number of hydrogen-bond acceptors (Lipinski definition) is 5. The summed E-state index contributed by atoms with van der Waals surface area (Å²) in [5.41, 5.74) is -0.529. The van der Waals surface area contributed by atoms with Crippen molar-refractivity contribution in [3.8, 4) is 0 Å². The molecule has 5 heteroatoms. The molecule has 1 aliphatic heterocycles. The molecule has 178 valence electrons. The highest BCUT2D eigenvalue weighted by molar-refractivity contribution is 5.70. The molecule has 5 nitrogen and oxygen atoms in total. The Morgan fingerprint density at radius 2 is 1.67 bits per heavy atom. The van der Waals surface area contributed by atoms with Crippen molar-refractivity contribution < 1.29 is 24.1 Å². The topological polar surface area (TPSA) is 65.0 Å². The van der Waals surface area contributed by atoms with Crippen LogP contribution in [-0.4, -0.2) is 41.8 Å². The zero-order chi connectivity index (χ0) is 22.2. The van der Waals surface area contributed by atoms with Gasteiger partial charge in [0.25, 0.3) is 0 Å².